The van der Waals surface area contributed by atoms with E-state index in [-0.39, 0.29) is 17.9 Å². The molecule has 0 fully saturated rings. The number of H-pyrrole nitrogens is 1. The summed E-state index contributed by atoms with van der Waals surface area (Å²) in [5, 5.41) is 7.75. The first-order valence-corrected chi connectivity index (χ1v) is 11.6. The molecular weight excluding hydrogens is 457 g/mol. The number of pyridine rings is 1. The molecule has 2 N–H and O–H groups in total. The van der Waals surface area contributed by atoms with E-state index >= 15 is 4.39 Å². The fraction of sp³-hybridized carbons (Fsp3) is 0.222. The zero-order chi connectivity index (χ0) is 25.4. The van der Waals surface area contributed by atoms with Crippen LogP contribution >= 0.6 is 0 Å². The molecule has 0 aliphatic rings. The summed E-state index contributed by atoms with van der Waals surface area (Å²) >= 11 is 0. The van der Waals surface area contributed by atoms with Gasteiger partial charge in [0.25, 0.3) is 5.91 Å². The van der Waals surface area contributed by atoms with Crippen LogP contribution in [0.15, 0.2) is 61.3 Å². The number of nitrogens with one attached hydrogen (secondary N) is 2. The lowest BCUT2D eigenvalue weighted by Crippen LogP contribution is -2.24. The van der Waals surface area contributed by atoms with Gasteiger partial charge in [0.1, 0.15) is 17.8 Å². The Hall–Kier alpha value is -4.40. The van der Waals surface area contributed by atoms with E-state index in [0.717, 1.165) is 22.3 Å². The van der Waals surface area contributed by atoms with Crippen LogP contribution in [0.2, 0.25) is 0 Å². The molecule has 9 heteroatoms. The first-order valence-electron chi connectivity index (χ1n) is 11.6. The third-order valence-electron chi connectivity index (χ3n) is 6.00. The predicted molar refractivity (Wildman–Crippen MR) is 136 cm³/mol. The van der Waals surface area contributed by atoms with Crippen LogP contribution in [0.4, 0.5) is 4.39 Å². The lowest BCUT2D eigenvalue weighted by atomic mass is 9.91. The Kier molecular flexibility index (Phi) is 5.83. The van der Waals surface area contributed by atoms with Gasteiger partial charge in [-0.05, 0) is 24.3 Å². The van der Waals surface area contributed by atoms with Gasteiger partial charge >= 0.3 is 0 Å². The smallest absolute Gasteiger partial charge is 0.253 e. The number of carbonyl (C=O) groups is 1. The number of carbonyl (C=O) groups excluding carboxylic acids is 1. The van der Waals surface area contributed by atoms with Crippen molar-refractivity contribution >= 4 is 16.9 Å². The summed E-state index contributed by atoms with van der Waals surface area (Å²) < 4.78 is 16.7. The van der Waals surface area contributed by atoms with Gasteiger partial charge in [-0.3, -0.25) is 14.5 Å². The summed E-state index contributed by atoms with van der Waals surface area (Å²) in [6.07, 6.45) is 6.66. The second-order valence-electron chi connectivity index (χ2n) is 9.74. The van der Waals surface area contributed by atoms with Crippen molar-refractivity contribution in [3.63, 3.8) is 0 Å². The van der Waals surface area contributed by atoms with E-state index in [2.05, 4.69) is 51.1 Å². The molecule has 1 aromatic carbocycles. The summed E-state index contributed by atoms with van der Waals surface area (Å²) in [6.45, 7) is 6.23. The Morgan fingerprint density at radius 2 is 1.89 bits per heavy atom. The van der Waals surface area contributed by atoms with Gasteiger partial charge in [0.2, 0.25) is 0 Å². The summed E-state index contributed by atoms with van der Waals surface area (Å²) in [5.74, 6) is -0.733. The van der Waals surface area contributed by atoms with Crippen LogP contribution in [-0.4, -0.2) is 35.6 Å². The van der Waals surface area contributed by atoms with Crippen molar-refractivity contribution in [3.05, 3.63) is 84.0 Å². The van der Waals surface area contributed by atoms with Gasteiger partial charge in [-0.1, -0.05) is 32.9 Å². The second-order valence-corrected chi connectivity index (χ2v) is 9.74. The summed E-state index contributed by atoms with van der Waals surface area (Å²) in [4.78, 5) is 28.9. The second kappa shape index (κ2) is 8.99. The molecule has 0 bridgehead atoms. The fourth-order valence-corrected chi connectivity index (χ4v) is 3.97. The highest BCUT2D eigenvalue weighted by molar-refractivity contribution is 5.94. The number of nitrogens with zero attached hydrogens (tertiary/aromatic N) is 5. The van der Waals surface area contributed by atoms with E-state index in [9.17, 15) is 4.79 Å². The zero-order valence-electron chi connectivity index (χ0n) is 20.5. The van der Waals surface area contributed by atoms with Crippen LogP contribution < -0.4 is 5.32 Å². The van der Waals surface area contributed by atoms with Gasteiger partial charge in [0.15, 0.2) is 0 Å². The molecule has 0 atom stereocenters. The molecule has 4 heterocycles. The van der Waals surface area contributed by atoms with Crippen molar-refractivity contribution in [1.29, 1.82) is 0 Å². The van der Waals surface area contributed by atoms with Gasteiger partial charge in [0, 0.05) is 59.2 Å². The van der Waals surface area contributed by atoms with Gasteiger partial charge < -0.3 is 10.3 Å². The minimum atomic E-state index is -0.427. The first-order chi connectivity index (χ1) is 17.2. The van der Waals surface area contributed by atoms with E-state index in [1.807, 2.05) is 25.4 Å². The molecule has 0 radical (unpaired) electrons. The maximum absolute atomic E-state index is 15.0. The highest BCUT2D eigenvalue weighted by Gasteiger charge is 2.17. The molecule has 182 valence electrons. The third-order valence-corrected chi connectivity index (χ3v) is 6.00. The number of hydrogen-bond donors (Lipinski definition) is 2. The van der Waals surface area contributed by atoms with Crippen LogP contribution in [0.3, 0.4) is 0 Å². The molecule has 5 rings (SSSR count). The first kappa shape index (κ1) is 23.3. The van der Waals surface area contributed by atoms with Crippen molar-refractivity contribution in [2.24, 2.45) is 7.05 Å². The molecular formula is C27H26FN7O. The Morgan fingerprint density at radius 3 is 2.56 bits per heavy atom. The number of aryl methyl sites for hydroxylation is 1. The predicted octanol–water partition coefficient (Wildman–Crippen LogP) is 4.79. The molecule has 1 amide bonds. The molecule has 0 spiro atoms. The highest BCUT2D eigenvalue weighted by Crippen LogP contribution is 2.30. The van der Waals surface area contributed by atoms with Crippen molar-refractivity contribution in [1.82, 2.24) is 35.0 Å². The summed E-state index contributed by atoms with van der Waals surface area (Å²) in [7, 11) is 1.85. The number of benzene rings is 1. The monoisotopic (exact) mass is 483 g/mol. The maximum atomic E-state index is 15.0. The van der Waals surface area contributed by atoms with Crippen molar-refractivity contribution in [3.8, 4) is 22.5 Å². The standard InChI is InChI=1S/C27H26FN7O/c1-27(2,3)23-8-7-18(12-29-23)26(36)30-11-17-6-5-16(9-21(17)28)24-20-10-22(19-13-33-35(4)14-19)34-25(20)32-15-31-24/h5-10,12-15H,11H2,1-4H3,(H,30,36)(H,31,32,34). The topological polar surface area (TPSA) is 101 Å². The van der Waals surface area contributed by atoms with E-state index in [1.54, 1.807) is 35.3 Å². The number of halogens is 1. The molecule has 5 aromatic rings. The molecule has 8 nitrogen and oxygen atoms in total. The number of amides is 1. The van der Waals surface area contributed by atoms with Crippen LogP contribution in [-0.2, 0) is 19.0 Å². The number of hydrogen-bond acceptors (Lipinski definition) is 5. The summed E-state index contributed by atoms with van der Waals surface area (Å²) in [6, 6.07) is 10.4. The molecule has 4 aromatic heterocycles. The molecule has 36 heavy (non-hydrogen) atoms. The van der Waals surface area contributed by atoms with Crippen molar-refractivity contribution in [2.75, 3.05) is 0 Å². The molecule has 0 aliphatic carbocycles. The van der Waals surface area contributed by atoms with E-state index in [1.165, 1.54) is 12.4 Å². The van der Waals surface area contributed by atoms with Gasteiger partial charge in [-0.25, -0.2) is 14.4 Å². The largest absolute Gasteiger partial charge is 0.348 e. The Labute approximate surface area is 207 Å². The lowest BCUT2D eigenvalue weighted by molar-refractivity contribution is 0.0950. The minimum Gasteiger partial charge on any atom is -0.348 e. The highest BCUT2D eigenvalue weighted by atomic mass is 19.1. The molecule has 0 aliphatic heterocycles. The average molecular weight is 484 g/mol. The fourth-order valence-electron chi connectivity index (χ4n) is 3.97. The Balaban J connectivity index is 1.34. The minimum absolute atomic E-state index is 0.0560. The van der Waals surface area contributed by atoms with Gasteiger partial charge in [-0.2, -0.15) is 5.10 Å². The van der Waals surface area contributed by atoms with E-state index < -0.39 is 5.82 Å². The molecule has 0 saturated carbocycles. The number of fused-ring (bicyclic) bond motifs is 1. The lowest BCUT2D eigenvalue weighted by Gasteiger charge is -2.17. The Morgan fingerprint density at radius 1 is 1.06 bits per heavy atom. The third kappa shape index (κ3) is 4.59. The molecule has 0 saturated heterocycles. The average Bonchev–Trinajstić information content (AvgIpc) is 3.48. The van der Waals surface area contributed by atoms with E-state index in [4.69, 9.17) is 0 Å². The summed E-state index contributed by atoms with van der Waals surface area (Å²) in [5.41, 5.74) is 5.26. The van der Waals surface area contributed by atoms with E-state index in [0.29, 0.717) is 28.0 Å². The van der Waals surface area contributed by atoms with Crippen LogP contribution in [0, 0.1) is 5.82 Å². The van der Waals surface area contributed by atoms with Crippen LogP contribution in [0.1, 0.15) is 42.4 Å². The maximum Gasteiger partial charge on any atom is 0.253 e. The Bertz CT molecular complexity index is 1560. The van der Waals surface area contributed by atoms with Crippen molar-refractivity contribution < 1.29 is 9.18 Å². The number of aromatic nitrogens is 6. The SMILES string of the molecule is Cn1cc(-c2cc3c(-c4ccc(CNC(=O)c5ccc(C(C)(C)C)nc5)c(F)c4)ncnc3[nH]2)cn1. The zero-order valence-corrected chi connectivity index (χ0v) is 20.5. The van der Waals surface area contributed by atoms with Crippen molar-refractivity contribution in [2.45, 2.75) is 32.7 Å². The number of aromatic amines is 1. The normalized spacial score (nSPS) is 11.7. The van der Waals surface area contributed by atoms with Crippen LogP contribution in [0.25, 0.3) is 33.5 Å². The quantitative estimate of drug-likeness (QED) is 0.374. The van der Waals surface area contributed by atoms with Gasteiger partial charge in [0.05, 0.1) is 23.1 Å². The van der Waals surface area contributed by atoms with Crippen LogP contribution in [0.5, 0.6) is 0 Å². The van der Waals surface area contributed by atoms with Gasteiger partial charge in [-0.15, -0.1) is 0 Å². The number of rotatable bonds is 5. The molecule has 0 unspecified atom stereocenters.